The summed E-state index contributed by atoms with van der Waals surface area (Å²) in [5.74, 6) is 0. The van der Waals surface area contributed by atoms with Crippen LogP contribution in [0.25, 0.3) is 0 Å². The largest absolute Gasteiger partial charge is 0.0707 e. The lowest BCUT2D eigenvalue weighted by atomic mass is 9.50. The van der Waals surface area contributed by atoms with E-state index in [4.69, 9.17) is 0 Å². The maximum absolute atomic E-state index is 2.55. The summed E-state index contributed by atoms with van der Waals surface area (Å²) in [7, 11) is 0. The summed E-state index contributed by atoms with van der Waals surface area (Å²) >= 11 is 0. The second-order valence-electron chi connectivity index (χ2n) is 9.12. The SMILES string of the molecule is CCC12CCCCC(C(C)=C3CCC3)(CC(C)(C)C1)C2. The van der Waals surface area contributed by atoms with Gasteiger partial charge in [0.2, 0.25) is 0 Å². The first-order valence-electron chi connectivity index (χ1n) is 9.10. The van der Waals surface area contributed by atoms with Crippen molar-refractivity contribution in [1.82, 2.24) is 0 Å². The molecule has 0 radical (unpaired) electrons. The van der Waals surface area contributed by atoms with Gasteiger partial charge < -0.3 is 0 Å². The molecule has 0 heteroatoms. The number of rotatable bonds is 2. The molecule has 114 valence electrons. The van der Waals surface area contributed by atoms with Gasteiger partial charge in [0.15, 0.2) is 0 Å². The lowest BCUT2D eigenvalue weighted by Crippen LogP contribution is -2.43. The van der Waals surface area contributed by atoms with E-state index >= 15 is 0 Å². The minimum Gasteiger partial charge on any atom is -0.0707 e. The first-order valence-corrected chi connectivity index (χ1v) is 9.10. The van der Waals surface area contributed by atoms with Gasteiger partial charge in [-0.1, -0.05) is 51.2 Å². The van der Waals surface area contributed by atoms with Gasteiger partial charge in [-0.2, -0.15) is 0 Å². The zero-order valence-corrected chi connectivity index (χ0v) is 14.3. The van der Waals surface area contributed by atoms with E-state index in [-0.39, 0.29) is 0 Å². The third kappa shape index (κ3) is 2.38. The van der Waals surface area contributed by atoms with E-state index in [1.165, 1.54) is 70.6 Å². The van der Waals surface area contributed by atoms with Crippen molar-refractivity contribution in [2.45, 2.75) is 98.3 Å². The van der Waals surface area contributed by atoms with Crippen LogP contribution in [-0.2, 0) is 0 Å². The molecule has 3 fully saturated rings. The highest BCUT2D eigenvalue weighted by Crippen LogP contribution is 2.64. The average molecular weight is 274 g/mol. The highest BCUT2D eigenvalue weighted by atomic mass is 14.6. The van der Waals surface area contributed by atoms with E-state index in [0.29, 0.717) is 16.2 Å². The van der Waals surface area contributed by atoms with Crippen molar-refractivity contribution in [2.24, 2.45) is 16.2 Å². The molecule has 0 N–H and O–H groups in total. The highest BCUT2D eigenvalue weighted by Gasteiger charge is 2.52. The van der Waals surface area contributed by atoms with Crippen LogP contribution in [0.2, 0.25) is 0 Å². The Balaban J connectivity index is 2.02. The van der Waals surface area contributed by atoms with Crippen LogP contribution in [0.15, 0.2) is 11.1 Å². The van der Waals surface area contributed by atoms with Gasteiger partial charge in [0, 0.05) is 0 Å². The van der Waals surface area contributed by atoms with Gasteiger partial charge >= 0.3 is 0 Å². The van der Waals surface area contributed by atoms with Crippen LogP contribution in [0.1, 0.15) is 98.3 Å². The molecule has 2 bridgehead atoms. The highest BCUT2D eigenvalue weighted by molar-refractivity contribution is 5.27. The van der Waals surface area contributed by atoms with Crippen LogP contribution in [0.5, 0.6) is 0 Å². The first-order chi connectivity index (χ1) is 9.40. The minimum absolute atomic E-state index is 0.546. The maximum atomic E-state index is 2.55. The normalized spacial score (nSPS) is 39.9. The Morgan fingerprint density at radius 2 is 1.65 bits per heavy atom. The molecule has 2 atom stereocenters. The Morgan fingerprint density at radius 3 is 2.25 bits per heavy atom. The monoisotopic (exact) mass is 274 g/mol. The maximum Gasteiger partial charge on any atom is -0.00778 e. The summed E-state index contributed by atoms with van der Waals surface area (Å²) in [4.78, 5) is 0. The lowest BCUT2D eigenvalue weighted by molar-refractivity contribution is -0.00260. The molecule has 0 aromatic heterocycles. The second-order valence-corrected chi connectivity index (χ2v) is 9.12. The average Bonchev–Trinajstić information content (AvgIpc) is 2.44. The zero-order valence-electron chi connectivity index (χ0n) is 14.3. The molecule has 3 aliphatic carbocycles. The van der Waals surface area contributed by atoms with Gasteiger partial charge in [0.05, 0.1) is 0 Å². The third-order valence-corrected chi connectivity index (χ3v) is 7.03. The zero-order chi connectivity index (χ0) is 14.4. The van der Waals surface area contributed by atoms with Crippen molar-refractivity contribution in [1.29, 1.82) is 0 Å². The Labute approximate surface area is 126 Å². The standard InChI is InChI=1S/C20H34/c1-5-19-11-6-7-12-20(15-19,14-18(3,4)13-19)16(2)17-9-8-10-17/h5-15H2,1-4H3. The van der Waals surface area contributed by atoms with Crippen LogP contribution in [-0.4, -0.2) is 0 Å². The number of hydrogen-bond donors (Lipinski definition) is 0. The van der Waals surface area contributed by atoms with Crippen molar-refractivity contribution in [2.75, 3.05) is 0 Å². The van der Waals surface area contributed by atoms with Crippen molar-refractivity contribution >= 4 is 0 Å². The molecule has 0 amide bonds. The van der Waals surface area contributed by atoms with E-state index in [9.17, 15) is 0 Å². The molecule has 20 heavy (non-hydrogen) atoms. The fourth-order valence-electron chi connectivity index (χ4n) is 6.14. The molecule has 0 saturated heterocycles. The summed E-state index contributed by atoms with van der Waals surface area (Å²) in [6, 6.07) is 0. The molecular weight excluding hydrogens is 240 g/mol. The molecule has 0 aliphatic heterocycles. The summed E-state index contributed by atoms with van der Waals surface area (Å²) in [5, 5.41) is 0. The Hall–Kier alpha value is -0.260. The molecule has 3 saturated carbocycles. The Kier molecular flexibility index (Phi) is 3.58. The first kappa shape index (κ1) is 14.7. The van der Waals surface area contributed by atoms with Crippen LogP contribution in [0.4, 0.5) is 0 Å². The van der Waals surface area contributed by atoms with Gasteiger partial charge in [0.25, 0.3) is 0 Å². The fourth-order valence-corrected chi connectivity index (χ4v) is 6.14. The van der Waals surface area contributed by atoms with Gasteiger partial charge in [-0.15, -0.1) is 0 Å². The van der Waals surface area contributed by atoms with Crippen LogP contribution < -0.4 is 0 Å². The van der Waals surface area contributed by atoms with E-state index in [2.05, 4.69) is 27.7 Å². The molecule has 0 aromatic carbocycles. The van der Waals surface area contributed by atoms with E-state index < -0.39 is 0 Å². The van der Waals surface area contributed by atoms with Gasteiger partial charge in [-0.05, 0) is 74.5 Å². The molecule has 3 rings (SSSR count). The van der Waals surface area contributed by atoms with E-state index in [1.807, 2.05) is 11.1 Å². The number of fused-ring (bicyclic) bond motifs is 2. The predicted octanol–water partition coefficient (Wildman–Crippen LogP) is 6.65. The topological polar surface area (TPSA) is 0 Å². The summed E-state index contributed by atoms with van der Waals surface area (Å²) in [6.45, 7) is 10.1. The van der Waals surface area contributed by atoms with Gasteiger partial charge in [-0.25, -0.2) is 0 Å². The van der Waals surface area contributed by atoms with Crippen molar-refractivity contribution < 1.29 is 0 Å². The molecule has 0 heterocycles. The Bertz CT molecular complexity index is 408. The van der Waals surface area contributed by atoms with E-state index in [0.717, 1.165) is 0 Å². The van der Waals surface area contributed by atoms with Crippen LogP contribution >= 0.6 is 0 Å². The third-order valence-electron chi connectivity index (χ3n) is 7.03. The molecule has 0 aromatic rings. The summed E-state index contributed by atoms with van der Waals surface area (Å²) in [5.41, 5.74) is 5.46. The summed E-state index contributed by atoms with van der Waals surface area (Å²) in [6.07, 6.45) is 16.0. The fraction of sp³-hybridized carbons (Fsp3) is 0.900. The Morgan fingerprint density at radius 1 is 0.950 bits per heavy atom. The summed E-state index contributed by atoms with van der Waals surface area (Å²) < 4.78 is 0. The van der Waals surface area contributed by atoms with Gasteiger partial charge in [-0.3, -0.25) is 0 Å². The van der Waals surface area contributed by atoms with Crippen molar-refractivity contribution in [3.05, 3.63) is 11.1 Å². The quantitative estimate of drug-likeness (QED) is 0.494. The second kappa shape index (κ2) is 4.89. The molecule has 0 nitrogen and oxygen atoms in total. The number of allylic oxidation sites excluding steroid dienone is 2. The molecular formula is C20H34. The molecule has 0 spiro atoms. The number of hydrogen-bond acceptors (Lipinski definition) is 0. The van der Waals surface area contributed by atoms with Crippen LogP contribution in [0, 0.1) is 16.2 Å². The van der Waals surface area contributed by atoms with Crippen molar-refractivity contribution in [3.8, 4) is 0 Å². The minimum atomic E-state index is 0.546. The predicted molar refractivity (Wildman–Crippen MR) is 87.8 cm³/mol. The smallest absolute Gasteiger partial charge is 0.00778 e. The van der Waals surface area contributed by atoms with Crippen molar-refractivity contribution in [3.63, 3.8) is 0 Å². The van der Waals surface area contributed by atoms with Gasteiger partial charge in [0.1, 0.15) is 0 Å². The van der Waals surface area contributed by atoms with Crippen LogP contribution in [0.3, 0.4) is 0 Å². The molecule has 3 aliphatic rings. The van der Waals surface area contributed by atoms with E-state index in [1.54, 1.807) is 0 Å². The molecule has 2 unspecified atom stereocenters. The lowest BCUT2D eigenvalue weighted by Gasteiger charge is -2.55.